The van der Waals surface area contributed by atoms with Crippen molar-refractivity contribution in [3.05, 3.63) is 0 Å². The largest absolute Gasteiger partial charge is 0.342 e. The summed E-state index contributed by atoms with van der Waals surface area (Å²) in [6.07, 6.45) is 13.6. The zero-order valence-corrected chi connectivity index (χ0v) is 15.2. The number of nitrogens with zero attached hydrogens (tertiary/aromatic N) is 1. The van der Waals surface area contributed by atoms with Crippen LogP contribution in [0.1, 0.15) is 84.5 Å². The second kappa shape index (κ2) is 15.3. The molecule has 0 atom stereocenters. The highest BCUT2D eigenvalue weighted by molar-refractivity contribution is 9.09. The molecule has 0 aromatic rings. The Hall–Kier alpha value is -0.0500. The highest BCUT2D eigenvalue weighted by atomic mass is 79.9. The number of alkyl halides is 1. The van der Waals surface area contributed by atoms with Gasteiger partial charge < -0.3 is 4.90 Å². The lowest BCUT2D eigenvalue weighted by Gasteiger charge is -2.21. The van der Waals surface area contributed by atoms with Crippen molar-refractivity contribution < 1.29 is 4.79 Å². The van der Waals surface area contributed by atoms with Crippen molar-refractivity contribution in [2.45, 2.75) is 84.5 Å². The number of amides is 1. The van der Waals surface area contributed by atoms with E-state index in [0.717, 1.165) is 37.7 Å². The predicted octanol–water partition coefficient (Wildman–Crippen LogP) is 5.54. The number of hydrogen-bond acceptors (Lipinski definition) is 1. The molecule has 0 aliphatic carbocycles. The summed E-state index contributed by atoms with van der Waals surface area (Å²) in [5.41, 5.74) is 0. The molecule has 3 heteroatoms. The van der Waals surface area contributed by atoms with Gasteiger partial charge in [0.05, 0.1) is 0 Å². The molecule has 0 unspecified atom stereocenters. The summed E-state index contributed by atoms with van der Waals surface area (Å²) in [6, 6.07) is 0. The van der Waals surface area contributed by atoms with Gasteiger partial charge in [-0.15, -0.1) is 0 Å². The van der Waals surface area contributed by atoms with Gasteiger partial charge >= 0.3 is 0 Å². The Morgan fingerprint density at radius 3 is 1.85 bits per heavy atom. The first kappa shape index (κ1) is 19.9. The maximum Gasteiger partial charge on any atom is 0.222 e. The summed E-state index contributed by atoms with van der Waals surface area (Å²) < 4.78 is 0. The zero-order valence-electron chi connectivity index (χ0n) is 13.6. The molecular weight excluding hydrogens is 314 g/mol. The minimum Gasteiger partial charge on any atom is -0.342 e. The number of carbonyl (C=O) groups is 1. The van der Waals surface area contributed by atoms with Gasteiger partial charge in [0.25, 0.3) is 0 Å². The highest BCUT2D eigenvalue weighted by Gasteiger charge is 2.10. The Kier molecular flexibility index (Phi) is 15.3. The molecule has 0 radical (unpaired) electrons. The number of rotatable bonds is 14. The fraction of sp³-hybridized carbons (Fsp3) is 0.941. The van der Waals surface area contributed by atoms with Crippen LogP contribution in [0.15, 0.2) is 0 Å². The van der Waals surface area contributed by atoms with E-state index in [0.29, 0.717) is 5.91 Å². The fourth-order valence-electron chi connectivity index (χ4n) is 2.48. The fourth-order valence-corrected chi connectivity index (χ4v) is 2.91. The van der Waals surface area contributed by atoms with Gasteiger partial charge in [0.2, 0.25) is 5.91 Å². The standard InChI is InChI=1S/C17H34BrNO/c1-3-5-6-7-8-9-10-11-12-13-17(20)19(15-4-2)16-14-18/h3-16H2,1-2H3. The van der Waals surface area contributed by atoms with Crippen molar-refractivity contribution in [3.63, 3.8) is 0 Å². The molecular formula is C17H34BrNO. The van der Waals surface area contributed by atoms with Crippen LogP contribution in [0.4, 0.5) is 0 Å². The molecule has 0 spiro atoms. The predicted molar refractivity (Wildman–Crippen MR) is 92.5 cm³/mol. The maximum absolute atomic E-state index is 12.0. The molecule has 0 aliphatic heterocycles. The van der Waals surface area contributed by atoms with Crippen LogP contribution in [-0.4, -0.2) is 29.2 Å². The first-order chi connectivity index (χ1) is 9.76. The first-order valence-electron chi connectivity index (χ1n) is 8.60. The van der Waals surface area contributed by atoms with Crippen LogP contribution in [0, 0.1) is 0 Å². The van der Waals surface area contributed by atoms with Gasteiger partial charge in [-0.3, -0.25) is 4.79 Å². The summed E-state index contributed by atoms with van der Waals surface area (Å²) >= 11 is 3.42. The van der Waals surface area contributed by atoms with E-state index >= 15 is 0 Å². The van der Waals surface area contributed by atoms with E-state index in [1.165, 1.54) is 51.4 Å². The molecule has 0 N–H and O–H groups in total. The van der Waals surface area contributed by atoms with Crippen LogP contribution in [0.5, 0.6) is 0 Å². The quantitative estimate of drug-likeness (QED) is 0.298. The van der Waals surface area contributed by atoms with Crippen molar-refractivity contribution >= 4 is 21.8 Å². The van der Waals surface area contributed by atoms with Crippen LogP contribution < -0.4 is 0 Å². The second-order valence-electron chi connectivity index (χ2n) is 5.65. The van der Waals surface area contributed by atoms with Crippen molar-refractivity contribution in [2.75, 3.05) is 18.4 Å². The van der Waals surface area contributed by atoms with Crippen LogP contribution in [0.25, 0.3) is 0 Å². The molecule has 0 bridgehead atoms. The van der Waals surface area contributed by atoms with E-state index in [1.807, 2.05) is 4.90 Å². The molecule has 0 rings (SSSR count). The first-order valence-corrected chi connectivity index (χ1v) is 9.72. The third-order valence-electron chi connectivity index (χ3n) is 3.69. The topological polar surface area (TPSA) is 20.3 Å². The minimum atomic E-state index is 0.342. The third kappa shape index (κ3) is 11.7. The Morgan fingerprint density at radius 1 is 0.800 bits per heavy atom. The van der Waals surface area contributed by atoms with E-state index in [1.54, 1.807) is 0 Å². The lowest BCUT2D eigenvalue weighted by atomic mass is 10.1. The molecule has 0 aliphatic rings. The summed E-state index contributed by atoms with van der Waals surface area (Å²) in [6.45, 7) is 6.15. The summed E-state index contributed by atoms with van der Waals surface area (Å²) in [5.74, 6) is 0.342. The van der Waals surface area contributed by atoms with Crippen molar-refractivity contribution in [1.82, 2.24) is 4.90 Å². The summed E-state index contributed by atoms with van der Waals surface area (Å²) in [5, 5.41) is 0.885. The van der Waals surface area contributed by atoms with E-state index in [2.05, 4.69) is 29.8 Å². The highest BCUT2D eigenvalue weighted by Crippen LogP contribution is 2.11. The van der Waals surface area contributed by atoms with Crippen LogP contribution in [0.2, 0.25) is 0 Å². The van der Waals surface area contributed by atoms with Crippen LogP contribution in [0.3, 0.4) is 0 Å². The van der Waals surface area contributed by atoms with Gasteiger partial charge in [0.15, 0.2) is 0 Å². The summed E-state index contributed by atoms with van der Waals surface area (Å²) in [4.78, 5) is 14.0. The number of carbonyl (C=O) groups excluding carboxylic acids is 1. The van der Waals surface area contributed by atoms with Gasteiger partial charge in [0.1, 0.15) is 0 Å². The van der Waals surface area contributed by atoms with E-state index in [4.69, 9.17) is 0 Å². The number of unbranched alkanes of at least 4 members (excludes halogenated alkanes) is 8. The lowest BCUT2D eigenvalue weighted by Crippen LogP contribution is -2.33. The van der Waals surface area contributed by atoms with Gasteiger partial charge in [-0.05, 0) is 12.8 Å². The van der Waals surface area contributed by atoms with E-state index in [-0.39, 0.29) is 0 Å². The normalized spacial score (nSPS) is 10.8. The molecule has 1 amide bonds. The molecule has 0 heterocycles. The minimum absolute atomic E-state index is 0.342. The molecule has 0 aromatic heterocycles. The SMILES string of the molecule is CCCCCCCCCCCC(=O)N(CCC)CCBr. The van der Waals surface area contributed by atoms with Crippen LogP contribution in [-0.2, 0) is 4.79 Å². The number of hydrogen-bond donors (Lipinski definition) is 0. The Morgan fingerprint density at radius 2 is 1.35 bits per heavy atom. The zero-order chi connectivity index (χ0) is 15.1. The maximum atomic E-state index is 12.0. The molecule has 0 saturated carbocycles. The summed E-state index contributed by atoms with van der Waals surface area (Å²) in [7, 11) is 0. The van der Waals surface area contributed by atoms with E-state index < -0.39 is 0 Å². The van der Waals surface area contributed by atoms with E-state index in [9.17, 15) is 4.79 Å². The second-order valence-corrected chi connectivity index (χ2v) is 6.44. The van der Waals surface area contributed by atoms with Crippen molar-refractivity contribution in [2.24, 2.45) is 0 Å². The van der Waals surface area contributed by atoms with Gasteiger partial charge in [0, 0.05) is 24.8 Å². The monoisotopic (exact) mass is 347 g/mol. The lowest BCUT2D eigenvalue weighted by molar-refractivity contribution is -0.131. The molecule has 0 saturated heterocycles. The average Bonchev–Trinajstić information content (AvgIpc) is 2.45. The smallest absolute Gasteiger partial charge is 0.222 e. The molecule has 0 fully saturated rings. The van der Waals surface area contributed by atoms with Crippen LogP contribution >= 0.6 is 15.9 Å². The number of halogens is 1. The third-order valence-corrected chi connectivity index (χ3v) is 4.05. The molecule has 0 aromatic carbocycles. The molecule has 2 nitrogen and oxygen atoms in total. The van der Waals surface area contributed by atoms with Crippen molar-refractivity contribution in [3.8, 4) is 0 Å². The Balaban J connectivity index is 3.45. The molecule has 120 valence electrons. The average molecular weight is 348 g/mol. The molecule has 20 heavy (non-hydrogen) atoms. The van der Waals surface area contributed by atoms with Crippen molar-refractivity contribution in [1.29, 1.82) is 0 Å². The Bertz CT molecular complexity index is 215. The van der Waals surface area contributed by atoms with Gasteiger partial charge in [-0.2, -0.15) is 0 Å². The van der Waals surface area contributed by atoms with Gasteiger partial charge in [-0.25, -0.2) is 0 Å². The van der Waals surface area contributed by atoms with Gasteiger partial charge in [-0.1, -0.05) is 81.1 Å². The Labute approximate surface area is 134 Å².